The summed E-state index contributed by atoms with van der Waals surface area (Å²) in [5, 5.41) is 17.6. The number of hydrogen-bond acceptors (Lipinski definition) is 26. The zero-order valence-electron chi connectivity index (χ0n) is 75.7. The van der Waals surface area contributed by atoms with Crippen molar-refractivity contribution in [3.8, 4) is 0 Å². The summed E-state index contributed by atoms with van der Waals surface area (Å²) < 4.78 is 28.2. The largest absolute Gasteiger partial charge is 0.478 e. The van der Waals surface area contributed by atoms with Crippen molar-refractivity contribution in [2.75, 3.05) is 20.7 Å². The van der Waals surface area contributed by atoms with Crippen LogP contribution in [0.25, 0.3) is 0 Å². The van der Waals surface area contributed by atoms with Gasteiger partial charge in [0.25, 0.3) is 0 Å². The van der Waals surface area contributed by atoms with E-state index in [0.717, 1.165) is 138 Å². The van der Waals surface area contributed by atoms with Crippen molar-refractivity contribution in [1.29, 1.82) is 0 Å². The molecule has 5 aliphatic rings. The third kappa shape index (κ3) is 47.9. The van der Waals surface area contributed by atoms with Crippen molar-refractivity contribution in [1.82, 2.24) is 30.6 Å². The number of ketones is 9. The van der Waals surface area contributed by atoms with E-state index in [-0.39, 0.29) is 134 Å². The van der Waals surface area contributed by atoms with E-state index in [2.05, 4.69) is 19.7 Å². The van der Waals surface area contributed by atoms with Crippen molar-refractivity contribution in [3.63, 3.8) is 0 Å². The Hall–Kier alpha value is -10.6. The number of nitrogens with zero attached hydrogens (tertiary/aromatic N) is 5. The summed E-state index contributed by atoms with van der Waals surface area (Å²) in [5.74, 6) is -0.469. The summed E-state index contributed by atoms with van der Waals surface area (Å²) in [6.45, 7) is 24.0. The van der Waals surface area contributed by atoms with Crippen molar-refractivity contribution < 1.29 is 102 Å². The van der Waals surface area contributed by atoms with Gasteiger partial charge < -0.3 is 57.0 Å². The van der Waals surface area contributed by atoms with Gasteiger partial charge in [0.15, 0.2) is 5.78 Å². The number of carboxylic acid groups (broad SMARTS) is 1. The number of carboxylic acids is 1. The molecule has 5 fully saturated rings. The van der Waals surface area contributed by atoms with Crippen molar-refractivity contribution in [2.24, 2.45) is 46.8 Å². The van der Waals surface area contributed by atoms with Crippen molar-refractivity contribution in [2.45, 2.75) is 288 Å². The number of aromatic nitrogens is 4. The van der Waals surface area contributed by atoms with Gasteiger partial charge >= 0.3 is 35.9 Å². The van der Waals surface area contributed by atoms with Crippen LogP contribution < -0.4 is 23.4 Å². The van der Waals surface area contributed by atoms with Gasteiger partial charge in [-0.15, -0.1) is 12.4 Å². The maximum Gasteiger partial charge on any atom is 0.405 e. The average Bonchev–Trinajstić information content (AvgIpc) is 1.68. The molecule has 0 atom stereocenters. The number of aromatic carboxylic acids is 1. The highest BCUT2D eigenvalue weighted by Gasteiger charge is 2.31. The number of benzene rings is 3. The predicted octanol–water partition coefficient (Wildman–Crippen LogP) is 15.3. The van der Waals surface area contributed by atoms with Crippen LogP contribution in [0, 0.1) is 43.4 Å². The molecule has 31 heteroatoms. The van der Waals surface area contributed by atoms with E-state index in [1.54, 1.807) is 99.1 Å². The molecule has 2 aromatic heterocycles. The lowest BCUT2D eigenvalue weighted by Gasteiger charge is -2.28. The molecule has 5 aromatic rings. The number of carbonyl (C=O) groups is 15. The quantitative estimate of drug-likeness (QED) is 0.0133. The summed E-state index contributed by atoms with van der Waals surface area (Å²) in [6.07, 6.45) is 21.7. The topological polar surface area (TPSA) is 474 Å². The molecule has 10 N–H and O–H groups in total. The molecule has 690 valence electrons. The van der Waals surface area contributed by atoms with Crippen LogP contribution in [0.1, 0.15) is 287 Å². The molecule has 10 rings (SSSR count). The Morgan fingerprint density at radius 2 is 0.798 bits per heavy atom. The van der Waals surface area contributed by atoms with Gasteiger partial charge in [0.2, 0.25) is 0 Å². The van der Waals surface area contributed by atoms with Crippen LogP contribution in [-0.4, -0.2) is 156 Å². The number of amides is 1. The van der Waals surface area contributed by atoms with Crippen LogP contribution in [0.3, 0.4) is 0 Å². The molecule has 0 spiro atoms. The first-order chi connectivity index (χ1) is 57.4. The molecule has 2 heterocycles. The number of primary amides is 1. The lowest BCUT2D eigenvalue weighted by Crippen LogP contribution is -2.28. The second-order valence-corrected chi connectivity index (χ2v) is 32.5. The SMILES string of the molecule is CC(=O)C(=CN(C)C)C(=O)OCc1ccccc1.CC(=O)C1CCC(=O)CC1.CC(=O)C1CCC(N)CC1.CC(=O)C1CCC(N)CC1.CC(=O)C1CCC(n2ncc(C(=O)O)c2C)CC1.CC(=O)C1CCC(n2ncc(C(=O)OCc3ccccc3)c2C)CC1.CC(=O)CC(=O)OCc1ccccc1.CC(C)(C)OC(N)=O.CCOC(=O)CC(C)=O.Cl.N.[2HH]. The van der Waals surface area contributed by atoms with E-state index in [4.69, 9.17) is 36.5 Å². The van der Waals surface area contributed by atoms with Gasteiger partial charge in [-0.3, -0.25) is 62.1 Å². The summed E-state index contributed by atoms with van der Waals surface area (Å²) in [6, 6.07) is 29.5. The normalized spacial score (nSPS) is 18.7. The summed E-state index contributed by atoms with van der Waals surface area (Å²) in [5.41, 5.74) is 20.8. The Balaban J connectivity index is 0. The Kier molecular flexibility index (Phi) is 55.7. The molecule has 0 saturated heterocycles. The van der Waals surface area contributed by atoms with Gasteiger partial charge in [-0.2, -0.15) is 10.2 Å². The van der Waals surface area contributed by atoms with Gasteiger partial charge in [-0.25, -0.2) is 19.2 Å². The van der Waals surface area contributed by atoms with Gasteiger partial charge in [0, 0.05) is 76.2 Å². The molecule has 0 aliphatic heterocycles. The number of carbonyl (C=O) groups excluding carboxylic acids is 14. The number of esters is 4. The lowest BCUT2D eigenvalue weighted by atomic mass is 9.84. The summed E-state index contributed by atoms with van der Waals surface area (Å²) in [4.78, 5) is 166. The average molecular weight is 1760 g/mol. The Morgan fingerprint density at radius 1 is 0.484 bits per heavy atom. The zero-order valence-corrected chi connectivity index (χ0v) is 76.5. The number of hydrogen-bond donors (Lipinski definition) is 5. The number of halogens is 1. The fourth-order valence-corrected chi connectivity index (χ4v) is 13.7. The highest BCUT2D eigenvalue weighted by molar-refractivity contribution is 6.16. The fraction of sp³-hybridized carbons (Fsp3) is 0.559. The van der Waals surface area contributed by atoms with E-state index in [1.807, 2.05) is 103 Å². The maximum atomic E-state index is 12.4. The Labute approximate surface area is 739 Å². The smallest absolute Gasteiger partial charge is 0.405 e. The molecule has 3 aromatic carbocycles. The molecule has 0 bridgehead atoms. The standard InChI is InChI=1S/C20H24N2O3.C14H17NO3.C13H18N2O3.C11H12O3.2C8H15NO.C8H12O2.C6H10O3.C5H11NO2.ClH.H3N.H2/c1-14-19(20(24)25-13-16-6-4-3-5-7-16)12-21-22(14)18-10-8-17(9-11-18)15(2)23;1-11(16)13(9-15(2)3)14(17)18-10-12-7-5-4-6-8-12;1-8-12(13(17)18)7-14-15(8)11-5-3-10(4-6-11)9(2)16;1-9(12)7-11(13)14-8-10-5-3-2-4-6-10;2*1-6(10)7-2-4-8(9)5-3-7;1-6(9)7-2-4-8(10)5-3-7;1-3-9-6(8)4-5(2)7;1-5(2,3)8-4(6)7;;;/h3-7,12,17-18H,8-11,13H2,1-2H3;4-9H,10H2,1-3H3;7,10-11H,3-6H2,1-2H3,(H,17,18);2-6H,7-8H2,1H3;2*7-8H,2-5,9H2,1H3;7H,2-5H2,1H3;3-4H2,1-2H3;1-3H3,(H2,6,7);1H;1H3;1H/i;;;;;;;;;;;1+1. The van der Waals surface area contributed by atoms with Crippen molar-refractivity contribution >= 4 is 100 Å². The lowest BCUT2D eigenvalue weighted by molar-refractivity contribution is -0.147. The second-order valence-electron chi connectivity index (χ2n) is 32.5. The van der Waals surface area contributed by atoms with Gasteiger partial charge in [0.1, 0.15) is 101 Å². The van der Waals surface area contributed by atoms with Crippen LogP contribution >= 0.6 is 12.4 Å². The van der Waals surface area contributed by atoms with E-state index in [0.29, 0.717) is 72.0 Å². The maximum absolute atomic E-state index is 12.4. The molecule has 0 unspecified atom stereocenters. The minimum Gasteiger partial charge on any atom is -0.478 e. The summed E-state index contributed by atoms with van der Waals surface area (Å²) >= 11 is 0. The van der Waals surface area contributed by atoms with E-state index >= 15 is 0 Å². The molecule has 5 aliphatic carbocycles. The molecule has 5 saturated carbocycles. The fourth-order valence-electron chi connectivity index (χ4n) is 13.7. The predicted molar refractivity (Wildman–Crippen MR) is 476 cm³/mol. The molecule has 0 radical (unpaired) electrons. The molecule has 30 nitrogen and oxygen atoms in total. The molecular weight excluding hydrogens is 1610 g/mol. The minimum absolute atomic E-state index is 0. The highest BCUT2D eigenvalue weighted by atomic mass is 35.5. The first-order valence-corrected chi connectivity index (χ1v) is 41.9. The van der Waals surface area contributed by atoms with Gasteiger partial charge in [-0.05, 0) is 229 Å². The molecule has 1 amide bonds. The van der Waals surface area contributed by atoms with E-state index in [9.17, 15) is 71.9 Å². The number of Topliss-reactive ketones (excluding diaryl/α,β-unsaturated/α-hetero) is 9. The number of ether oxygens (including phenoxy) is 5. The zero-order chi connectivity index (χ0) is 91.8. The Morgan fingerprint density at radius 3 is 1.09 bits per heavy atom. The van der Waals surface area contributed by atoms with E-state index < -0.39 is 35.6 Å². The first kappa shape index (κ1) is 113. The third-order valence-electron chi connectivity index (χ3n) is 20.7. The van der Waals surface area contributed by atoms with Crippen LogP contribution in [0.15, 0.2) is 115 Å². The Bertz CT molecular complexity index is 4150. The van der Waals surface area contributed by atoms with Crippen LogP contribution in [-0.2, 0) is 101 Å². The first-order valence-electron chi connectivity index (χ1n) is 41.9. The van der Waals surface area contributed by atoms with Crippen LogP contribution in [0.5, 0.6) is 0 Å². The van der Waals surface area contributed by atoms with Crippen LogP contribution in [0.2, 0.25) is 0 Å². The second kappa shape index (κ2) is 60.9. The summed E-state index contributed by atoms with van der Waals surface area (Å²) in [7, 11) is 3.49. The van der Waals surface area contributed by atoms with E-state index in [1.165, 1.54) is 33.2 Å². The minimum atomic E-state index is -0.934. The third-order valence-corrected chi connectivity index (χ3v) is 20.7. The van der Waals surface area contributed by atoms with Crippen molar-refractivity contribution in [3.05, 3.63) is 154 Å². The number of nitrogens with two attached hydrogens (primary N) is 3. The van der Waals surface area contributed by atoms with Gasteiger partial charge in [-0.1, -0.05) is 91.0 Å². The molecular formula is C93H140ClN9O21. The van der Waals surface area contributed by atoms with Gasteiger partial charge in [0.05, 0.1) is 42.5 Å². The van der Waals surface area contributed by atoms with Crippen LogP contribution in [0.4, 0.5) is 4.79 Å². The molecule has 124 heavy (non-hydrogen) atoms. The monoisotopic (exact) mass is 1750 g/mol. The number of rotatable bonds is 23. The highest BCUT2D eigenvalue weighted by Crippen LogP contribution is 2.35.